The number of benzene rings is 1. The van der Waals surface area contributed by atoms with Crippen molar-refractivity contribution in [3.63, 3.8) is 0 Å². The molecule has 1 rings (SSSR count). The van der Waals surface area contributed by atoms with Crippen molar-refractivity contribution in [1.82, 2.24) is 0 Å². The van der Waals surface area contributed by atoms with Crippen LogP contribution in [0.15, 0.2) is 23.1 Å². The quantitative estimate of drug-likeness (QED) is 0.805. The Morgan fingerprint density at radius 3 is 2.47 bits per heavy atom. The average molecular weight is 229 g/mol. The van der Waals surface area contributed by atoms with E-state index in [0.29, 0.717) is 12.1 Å². The van der Waals surface area contributed by atoms with Crippen molar-refractivity contribution in [2.75, 3.05) is 12.8 Å². The van der Waals surface area contributed by atoms with E-state index in [0.717, 1.165) is 6.26 Å². The van der Waals surface area contributed by atoms with E-state index >= 15 is 0 Å². The van der Waals surface area contributed by atoms with E-state index < -0.39 is 9.84 Å². The van der Waals surface area contributed by atoms with Gasteiger partial charge in [-0.05, 0) is 30.2 Å². The molecule has 1 atom stereocenters. The van der Waals surface area contributed by atoms with Crippen molar-refractivity contribution in [3.8, 4) is 5.75 Å². The second-order valence-corrected chi connectivity index (χ2v) is 5.65. The highest BCUT2D eigenvalue weighted by atomic mass is 32.2. The van der Waals surface area contributed by atoms with Crippen LogP contribution in [0.2, 0.25) is 0 Å². The highest BCUT2D eigenvalue weighted by Crippen LogP contribution is 2.27. The number of phenolic OH excluding ortho intramolecular Hbond substituents is 1. The van der Waals surface area contributed by atoms with E-state index in [1.54, 1.807) is 6.07 Å². The highest BCUT2D eigenvalue weighted by molar-refractivity contribution is 7.90. The van der Waals surface area contributed by atoms with Crippen LogP contribution in [0.1, 0.15) is 18.4 Å². The van der Waals surface area contributed by atoms with Crippen molar-refractivity contribution < 1.29 is 13.5 Å². The smallest absolute Gasteiger partial charge is 0.175 e. The minimum atomic E-state index is -3.27. The molecule has 0 radical (unpaired) electrons. The average Bonchev–Trinajstić information content (AvgIpc) is 2.15. The van der Waals surface area contributed by atoms with Gasteiger partial charge in [-0.3, -0.25) is 0 Å². The number of sulfone groups is 1. The summed E-state index contributed by atoms with van der Waals surface area (Å²) in [6.45, 7) is 2.28. The van der Waals surface area contributed by atoms with E-state index in [1.807, 2.05) is 6.92 Å². The molecular weight excluding hydrogens is 214 g/mol. The van der Waals surface area contributed by atoms with E-state index in [-0.39, 0.29) is 16.6 Å². The lowest BCUT2D eigenvalue weighted by molar-refractivity contribution is 0.461. The van der Waals surface area contributed by atoms with Gasteiger partial charge in [0.05, 0.1) is 4.90 Å². The summed E-state index contributed by atoms with van der Waals surface area (Å²) >= 11 is 0. The molecule has 84 valence electrons. The van der Waals surface area contributed by atoms with Crippen LogP contribution < -0.4 is 5.73 Å². The van der Waals surface area contributed by atoms with Crippen molar-refractivity contribution in [3.05, 3.63) is 23.8 Å². The number of hydrogen-bond acceptors (Lipinski definition) is 4. The maximum Gasteiger partial charge on any atom is 0.175 e. The van der Waals surface area contributed by atoms with Crippen LogP contribution in [0.4, 0.5) is 0 Å². The molecule has 0 aliphatic carbocycles. The van der Waals surface area contributed by atoms with Gasteiger partial charge in [-0.15, -0.1) is 0 Å². The van der Waals surface area contributed by atoms with Crippen LogP contribution in [-0.2, 0) is 9.84 Å². The number of hydrogen-bond donors (Lipinski definition) is 2. The van der Waals surface area contributed by atoms with Crippen molar-refractivity contribution in [1.29, 1.82) is 0 Å². The third kappa shape index (κ3) is 2.70. The largest absolute Gasteiger partial charge is 0.508 e. The number of rotatable bonds is 3. The molecule has 0 heterocycles. The van der Waals surface area contributed by atoms with Crippen LogP contribution in [0.3, 0.4) is 0 Å². The third-order valence-electron chi connectivity index (χ3n) is 2.31. The summed E-state index contributed by atoms with van der Waals surface area (Å²) in [6, 6.07) is 4.34. The molecule has 0 bridgehead atoms. The fourth-order valence-electron chi connectivity index (χ4n) is 1.30. The Balaban J connectivity index is 3.20. The van der Waals surface area contributed by atoms with Crippen molar-refractivity contribution in [2.24, 2.45) is 5.73 Å². The predicted molar refractivity (Wildman–Crippen MR) is 58.7 cm³/mol. The molecule has 0 fully saturated rings. The number of nitrogens with two attached hydrogens (primary N) is 1. The van der Waals surface area contributed by atoms with Crippen LogP contribution in [0.5, 0.6) is 5.75 Å². The van der Waals surface area contributed by atoms with E-state index in [2.05, 4.69) is 0 Å². The summed E-state index contributed by atoms with van der Waals surface area (Å²) in [5, 5.41) is 9.64. The van der Waals surface area contributed by atoms with Gasteiger partial charge in [0.2, 0.25) is 0 Å². The van der Waals surface area contributed by atoms with Gasteiger partial charge in [0.15, 0.2) is 9.84 Å². The molecule has 15 heavy (non-hydrogen) atoms. The summed E-state index contributed by atoms with van der Waals surface area (Å²) in [6.07, 6.45) is 1.10. The zero-order valence-corrected chi connectivity index (χ0v) is 9.58. The fraction of sp³-hybridized carbons (Fsp3) is 0.400. The molecule has 4 nitrogen and oxygen atoms in total. The molecule has 3 N–H and O–H groups in total. The topological polar surface area (TPSA) is 80.4 Å². The standard InChI is InChI=1S/C10H15NO3S/c1-7(6-11)9-4-3-8(5-10(9)12)15(2,13)14/h3-5,7,12H,6,11H2,1-2H3. The van der Waals surface area contributed by atoms with Crippen LogP contribution in [0, 0.1) is 0 Å². The molecule has 0 aliphatic heterocycles. The van der Waals surface area contributed by atoms with Gasteiger partial charge < -0.3 is 10.8 Å². The maximum absolute atomic E-state index is 11.2. The normalized spacial score (nSPS) is 13.8. The lowest BCUT2D eigenvalue weighted by Crippen LogP contribution is -2.09. The van der Waals surface area contributed by atoms with E-state index in [9.17, 15) is 13.5 Å². The highest BCUT2D eigenvalue weighted by Gasteiger charge is 2.13. The molecule has 0 saturated heterocycles. The molecule has 0 amide bonds. The second-order valence-electron chi connectivity index (χ2n) is 3.63. The monoisotopic (exact) mass is 229 g/mol. The van der Waals surface area contributed by atoms with Crippen LogP contribution in [-0.4, -0.2) is 26.3 Å². The minimum absolute atomic E-state index is 0.0126. The van der Waals surface area contributed by atoms with Gasteiger partial charge in [-0.1, -0.05) is 13.0 Å². The first kappa shape index (κ1) is 12.0. The first-order valence-electron chi connectivity index (χ1n) is 4.59. The molecular formula is C10H15NO3S. The predicted octanol–water partition coefficient (Wildman–Crippen LogP) is 0.858. The van der Waals surface area contributed by atoms with Gasteiger partial charge >= 0.3 is 0 Å². The minimum Gasteiger partial charge on any atom is -0.508 e. The Labute approximate surface area is 89.7 Å². The summed E-state index contributed by atoms with van der Waals surface area (Å²) in [5.74, 6) is -0.00511. The van der Waals surface area contributed by atoms with Crippen LogP contribution in [0.25, 0.3) is 0 Å². The molecule has 5 heteroatoms. The summed E-state index contributed by atoms with van der Waals surface area (Å²) in [4.78, 5) is 0.118. The Morgan fingerprint density at radius 2 is 2.07 bits per heavy atom. The van der Waals surface area contributed by atoms with Gasteiger partial charge in [0, 0.05) is 6.26 Å². The number of phenols is 1. The second kappa shape index (κ2) is 4.20. The molecule has 0 aliphatic rings. The van der Waals surface area contributed by atoms with E-state index in [1.165, 1.54) is 12.1 Å². The Kier molecular flexibility index (Phi) is 3.36. The number of aromatic hydroxyl groups is 1. The van der Waals surface area contributed by atoms with Gasteiger partial charge in [0.1, 0.15) is 5.75 Å². The SMILES string of the molecule is CC(CN)c1ccc(S(C)(=O)=O)cc1O. The first-order valence-corrected chi connectivity index (χ1v) is 6.48. The summed E-state index contributed by atoms with van der Waals surface area (Å²) in [7, 11) is -3.27. The Bertz CT molecular complexity index is 454. The zero-order valence-electron chi connectivity index (χ0n) is 8.77. The van der Waals surface area contributed by atoms with Crippen molar-refractivity contribution >= 4 is 9.84 Å². The lowest BCUT2D eigenvalue weighted by Gasteiger charge is -2.11. The lowest BCUT2D eigenvalue weighted by atomic mass is 10.0. The van der Waals surface area contributed by atoms with Gasteiger partial charge in [0.25, 0.3) is 0 Å². The molecule has 1 aromatic rings. The van der Waals surface area contributed by atoms with Crippen molar-refractivity contribution in [2.45, 2.75) is 17.7 Å². The fourth-order valence-corrected chi connectivity index (χ4v) is 1.94. The Hall–Kier alpha value is -1.07. The van der Waals surface area contributed by atoms with Crippen LogP contribution >= 0.6 is 0 Å². The molecule has 0 aromatic heterocycles. The first-order chi connectivity index (χ1) is 6.86. The summed E-state index contributed by atoms with van der Waals surface area (Å²) < 4.78 is 22.4. The third-order valence-corrected chi connectivity index (χ3v) is 3.42. The van der Waals surface area contributed by atoms with E-state index in [4.69, 9.17) is 5.73 Å². The summed E-state index contributed by atoms with van der Waals surface area (Å²) in [5.41, 5.74) is 6.14. The molecule has 1 unspecified atom stereocenters. The zero-order chi connectivity index (χ0) is 11.6. The van der Waals surface area contributed by atoms with Gasteiger partial charge in [-0.2, -0.15) is 0 Å². The molecule has 0 spiro atoms. The molecule has 0 saturated carbocycles. The van der Waals surface area contributed by atoms with Gasteiger partial charge in [-0.25, -0.2) is 8.42 Å². The molecule has 1 aromatic carbocycles. The maximum atomic E-state index is 11.2. The Morgan fingerprint density at radius 1 is 1.47 bits per heavy atom.